The highest BCUT2D eigenvalue weighted by Gasteiger charge is 2.23. The molecule has 0 unspecified atom stereocenters. The van der Waals surface area contributed by atoms with E-state index < -0.39 is 16.0 Å². The Balaban J connectivity index is 2.32. The number of rotatable bonds is 9. The molecule has 0 amide bonds. The Morgan fingerprint density at radius 3 is 2.33 bits per heavy atom. The number of benzene rings is 2. The molecule has 0 aliphatic heterocycles. The third kappa shape index (κ3) is 6.93. The van der Waals surface area contributed by atoms with Gasteiger partial charge in [-0.1, -0.05) is 66.8 Å². The fourth-order valence-corrected chi connectivity index (χ4v) is 4.67. The molecular formula is C23H24INO4S. The van der Waals surface area contributed by atoms with Gasteiger partial charge in [-0.05, 0) is 56.4 Å². The summed E-state index contributed by atoms with van der Waals surface area (Å²) in [6.45, 7) is 6.06. The van der Waals surface area contributed by atoms with Crippen LogP contribution in [-0.2, 0) is 19.6 Å². The van der Waals surface area contributed by atoms with Crippen molar-refractivity contribution in [2.75, 3.05) is 20.2 Å². The summed E-state index contributed by atoms with van der Waals surface area (Å²) >= 11 is 2.02. The van der Waals surface area contributed by atoms with Crippen LogP contribution in [0.15, 0.2) is 87.9 Å². The van der Waals surface area contributed by atoms with Crippen molar-refractivity contribution in [2.45, 2.75) is 11.8 Å². The third-order valence-corrected chi connectivity index (χ3v) is 6.36. The van der Waals surface area contributed by atoms with Crippen LogP contribution in [0.4, 0.5) is 0 Å². The number of nitrogens with zero attached hydrogens (tertiary/aromatic N) is 1. The van der Waals surface area contributed by atoms with Crippen molar-refractivity contribution < 1.29 is 17.9 Å². The van der Waals surface area contributed by atoms with Crippen LogP contribution in [0, 0.1) is 6.92 Å². The molecule has 0 aliphatic carbocycles. The second kappa shape index (κ2) is 11.2. The molecule has 0 saturated carbocycles. The molecule has 0 aliphatic rings. The lowest BCUT2D eigenvalue weighted by Gasteiger charge is -2.20. The van der Waals surface area contributed by atoms with Crippen molar-refractivity contribution in [3.63, 3.8) is 0 Å². The van der Waals surface area contributed by atoms with Crippen LogP contribution in [0.5, 0.6) is 0 Å². The first-order chi connectivity index (χ1) is 14.2. The summed E-state index contributed by atoms with van der Waals surface area (Å²) in [5, 5.41) is 0. The number of aryl methyl sites for hydroxylation is 1. The van der Waals surface area contributed by atoms with Gasteiger partial charge in [0.05, 0.1) is 12.0 Å². The molecule has 0 spiro atoms. The van der Waals surface area contributed by atoms with Gasteiger partial charge < -0.3 is 4.74 Å². The molecule has 2 aromatic carbocycles. The minimum absolute atomic E-state index is 0.129. The van der Waals surface area contributed by atoms with Gasteiger partial charge in [-0.3, -0.25) is 0 Å². The lowest BCUT2D eigenvalue weighted by atomic mass is 10.1. The van der Waals surface area contributed by atoms with E-state index in [0.717, 1.165) is 11.1 Å². The van der Waals surface area contributed by atoms with Crippen molar-refractivity contribution in [2.24, 2.45) is 0 Å². The van der Waals surface area contributed by atoms with Crippen molar-refractivity contribution in [1.29, 1.82) is 0 Å². The first-order valence-electron chi connectivity index (χ1n) is 9.15. The molecule has 0 radical (unpaired) electrons. The van der Waals surface area contributed by atoms with E-state index in [9.17, 15) is 13.2 Å². The van der Waals surface area contributed by atoms with Crippen LogP contribution in [0.3, 0.4) is 0 Å². The fourth-order valence-electron chi connectivity index (χ4n) is 2.64. The molecule has 0 heterocycles. The van der Waals surface area contributed by atoms with Gasteiger partial charge in [0.1, 0.15) is 0 Å². The molecule has 0 saturated heterocycles. The van der Waals surface area contributed by atoms with Crippen molar-refractivity contribution in [3.05, 3.63) is 94.1 Å². The van der Waals surface area contributed by atoms with Crippen LogP contribution in [0.1, 0.15) is 11.1 Å². The van der Waals surface area contributed by atoms with Crippen LogP contribution in [0.25, 0.3) is 5.57 Å². The molecule has 5 nitrogen and oxygen atoms in total. The van der Waals surface area contributed by atoms with Gasteiger partial charge >= 0.3 is 5.97 Å². The number of esters is 1. The number of hydrogen-bond donors (Lipinski definition) is 0. The van der Waals surface area contributed by atoms with Crippen LogP contribution < -0.4 is 0 Å². The molecule has 2 rings (SSSR count). The molecule has 0 atom stereocenters. The molecule has 0 fully saturated rings. The van der Waals surface area contributed by atoms with Gasteiger partial charge in [0.2, 0.25) is 10.0 Å². The Kier molecular flexibility index (Phi) is 9.01. The molecule has 30 heavy (non-hydrogen) atoms. The summed E-state index contributed by atoms with van der Waals surface area (Å²) in [4.78, 5) is 12.0. The molecule has 0 N–H and O–H groups in total. The summed E-state index contributed by atoms with van der Waals surface area (Å²) in [5.41, 5.74) is 2.44. The van der Waals surface area contributed by atoms with E-state index >= 15 is 0 Å². The molecule has 0 bridgehead atoms. The first kappa shape index (κ1) is 24.0. The highest BCUT2D eigenvalue weighted by Crippen LogP contribution is 2.20. The van der Waals surface area contributed by atoms with Gasteiger partial charge in [-0.15, -0.1) is 0 Å². The second-order valence-corrected chi connectivity index (χ2v) is 9.98. The van der Waals surface area contributed by atoms with E-state index in [4.69, 9.17) is 4.74 Å². The number of methoxy groups -OCH3 is 1. The van der Waals surface area contributed by atoms with Gasteiger partial charge in [0.25, 0.3) is 0 Å². The number of allylic oxidation sites excluding steroid dienone is 2. The minimum atomic E-state index is -3.70. The third-order valence-electron chi connectivity index (χ3n) is 4.19. The van der Waals surface area contributed by atoms with Gasteiger partial charge in [0.15, 0.2) is 0 Å². The van der Waals surface area contributed by atoms with E-state index in [1.807, 2.05) is 59.8 Å². The fraction of sp³-hybridized carbons (Fsp3) is 0.174. The Bertz CT molecular complexity index is 1040. The van der Waals surface area contributed by atoms with Crippen LogP contribution in [-0.4, -0.2) is 38.9 Å². The number of halogens is 1. The van der Waals surface area contributed by atoms with Crippen molar-refractivity contribution >= 4 is 44.2 Å². The highest BCUT2D eigenvalue weighted by atomic mass is 127. The standard InChI is InChI=1S/C23H24INO4S/c1-18-11-13-22(14-12-18)30(27,28)25(17-19(2)24)15-7-10-21(16-23(26)29-3)20-8-5-4-6-9-20/h4-14,16H,2,15,17H2,1,3H3/b10-7+,21-16+. The molecule has 2 aromatic rings. The largest absolute Gasteiger partial charge is 0.466 e. The quantitative estimate of drug-likeness (QED) is 0.201. The van der Waals surface area contributed by atoms with Crippen molar-refractivity contribution in [3.8, 4) is 0 Å². The predicted molar refractivity (Wildman–Crippen MR) is 129 cm³/mol. The summed E-state index contributed by atoms with van der Waals surface area (Å²) in [5.74, 6) is -0.483. The van der Waals surface area contributed by atoms with E-state index in [0.29, 0.717) is 9.15 Å². The predicted octanol–water partition coefficient (Wildman–Crippen LogP) is 4.75. The minimum Gasteiger partial charge on any atom is -0.466 e. The number of ether oxygens (including phenoxy) is 1. The van der Waals surface area contributed by atoms with E-state index in [-0.39, 0.29) is 18.0 Å². The number of carbonyl (C=O) groups excluding carboxylic acids is 1. The smallest absolute Gasteiger partial charge is 0.331 e. The zero-order valence-corrected chi connectivity index (χ0v) is 19.9. The average Bonchev–Trinajstić information content (AvgIpc) is 2.72. The zero-order valence-electron chi connectivity index (χ0n) is 16.9. The SMILES string of the molecule is C=C(I)CN(C/C=C/C(=C\C(=O)OC)c1ccccc1)S(=O)(=O)c1ccc(C)cc1. The van der Waals surface area contributed by atoms with E-state index in [1.165, 1.54) is 17.5 Å². The van der Waals surface area contributed by atoms with Gasteiger partial charge in [-0.25, -0.2) is 13.2 Å². The van der Waals surface area contributed by atoms with E-state index in [1.54, 1.807) is 36.4 Å². The zero-order chi connectivity index (χ0) is 22.1. The Morgan fingerprint density at radius 1 is 1.13 bits per heavy atom. The number of carbonyl (C=O) groups is 1. The molecule has 7 heteroatoms. The average molecular weight is 537 g/mol. The lowest BCUT2D eigenvalue weighted by molar-refractivity contribution is -0.134. The monoisotopic (exact) mass is 537 g/mol. The highest BCUT2D eigenvalue weighted by molar-refractivity contribution is 14.1. The lowest BCUT2D eigenvalue weighted by Crippen LogP contribution is -2.32. The van der Waals surface area contributed by atoms with Crippen molar-refractivity contribution in [1.82, 2.24) is 4.31 Å². The van der Waals surface area contributed by atoms with Gasteiger partial charge in [0, 0.05) is 19.2 Å². The Labute approximate surface area is 191 Å². The molecule has 0 aromatic heterocycles. The summed E-state index contributed by atoms with van der Waals surface area (Å²) < 4.78 is 33.0. The second-order valence-electron chi connectivity index (χ2n) is 6.52. The van der Waals surface area contributed by atoms with Crippen LogP contribution in [0.2, 0.25) is 0 Å². The Morgan fingerprint density at radius 2 is 1.77 bits per heavy atom. The summed E-state index contributed by atoms with van der Waals surface area (Å²) in [6.07, 6.45) is 4.81. The van der Waals surface area contributed by atoms with Crippen LogP contribution >= 0.6 is 22.6 Å². The maximum Gasteiger partial charge on any atom is 0.331 e. The summed E-state index contributed by atoms with van der Waals surface area (Å²) in [7, 11) is -2.39. The van der Waals surface area contributed by atoms with Gasteiger partial charge in [-0.2, -0.15) is 4.31 Å². The van der Waals surface area contributed by atoms with E-state index in [2.05, 4.69) is 6.58 Å². The number of sulfonamides is 1. The maximum atomic E-state index is 13.1. The normalized spacial score (nSPS) is 12.3. The number of hydrogen-bond acceptors (Lipinski definition) is 4. The molecule has 158 valence electrons. The summed E-state index contributed by atoms with van der Waals surface area (Å²) in [6, 6.07) is 16.1. The Hall–Kier alpha value is -2.23. The maximum absolute atomic E-state index is 13.1. The molecular weight excluding hydrogens is 513 g/mol. The first-order valence-corrected chi connectivity index (χ1v) is 11.7. The topological polar surface area (TPSA) is 63.7 Å².